The second-order valence-corrected chi connectivity index (χ2v) is 6.85. The molecule has 0 aromatic heterocycles. The van der Waals surface area contributed by atoms with Crippen LogP contribution in [0.25, 0.3) is 0 Å². The topological polar surface area (TPSA) is 51.1 Å². The summed E-state index contributed by atoms with van der Waals surface area (Å²) in [6.45, 7) is 0.939. The predicted molar refractivity (Wildman–Crippen MR) is 98.0 cm³/mol. The van der Waals surface area contributed by atoms with Crippen LogP contribution in [-0.2, 0) is 10.5 Å². The van der Waals surface area contributed by atoms with E-state index in [0.29, 0.717) is 12.3 Å². The summed E-state index contributed by atoms with van der Waals surface area (Å²) < 4.78 is 10.7. The van der Waals surface area contributed by atoms with Crippen molar-refractivity contribution in [3.63, 3.8) is 0 Å². The molecule has 0 unspecified atom stereocenters. The lowest BCUT2D eigenvalue weighted by Crippen LogP contribution is -2.25. The standard InChI is InChI=1S/C19H18N2O3S/c22-19(21-9-8-16(20-21)15-4-2-1-3-5-15)12-25-11-14-6-7-17-18(10-14)24-13-23-17/h1-7,10H,8-9,11-13H2. The normalized spacial score (nSPS) is 15.4. The van der Waals surface area contributed by atoms with Crippen molar-refractivity contribution >= 4 is 23.4 Å². The zero-order valence-corrected chi connectivity index (χ0v) is 14.5. The number of fused-ring (bicyclic) bond motifs is 1. The SMILES string of the molecule is O=C(CSCc1ccc2c(c1)OCO2)N1CCC(c2ccccc2)=N1. The van der Waals surface area contributed by atoms with E-state index < -0.39 is 0 Å². The molecular formula is C19H18N2O3S. The zero-order valence-electron chi connectivity index (χ0n) is 13.7. The van der Waals surface area contributed by atoms with Gasteiger partial charge in [-0.3, -0.25) is 4.79 Å². The lowest BCUT2D eigenvalue weighted by molar-refractivity contribution is -0.127. The molecule has 6 heteroatoms. The highest BCUT2D eigenvalue weighted by Gasteiger charge is 2.21. The molecule has 25 heavy (non-hydrogen) atoms. The van der Waals surface area contributed by atoms with Crippen molar-refractivity contribution in [2.75, 3.05) is 19.1 Å². The van der Waals surface area contributed by atoms with Gasteiger partial charge in [-0.05, 0) is 23.3 Å². The summed E-state index contributed by atoms with van der Waals surface area (Å²) in [6, 6.07) is 15.9. The van der Waals surface area contributed by atoms with Crippen molar-refractivity contribution < 1.29 is 14.3 Å². The number of hydrazone groups is 1. The minimum Gasteiger partial charge on any atom is -0.454 e. The largest absolute Gasteiger partial charge is 0.454 e. The summed E-state index contributed by atoms with van der Waals surface area (Å²) >= 11 is 1.59. The van der Waals surface area contributed by atoms with Crippen molar-refractivity contribution in [3.05, 3.63) is 59.7 Å². The van der Waals surface area contributed by atoms with Gasteiger partial charge in [0.25, 0.3) is 5.91 Å². The van der Waals surface area contributed by atoms with Gasteiger partial charge in [0, 0.05) is 12.2 Å². The predicted octanol–water partition coefficient (Wildman–Crippen LogP) is 3.29. The molecule has 1 amide bonds. The van der Waals surface area contributed by atoms with Gasteiger partial charge in [0.2, 0.25) is 6.79 Å². The van der Waals surface area contributed by atoms with Crippen LogP contribution in [-0.4, -0.2) is 35.7 Å². The van der Waals surface area contributed by atoms with Crippen LogP contribution in [0.15, 0.2) is 53.6 Å². The molecule has 0 atom stereocenters. The molecule has 5 nitrogen and oxygen atoms in total. The van der Waals surface area contributed by atoms with Crippen molar-refractivity contribution in [3.8, 4) is 11.5 Å². The third-order valence-corrected chi connectivity index (χ3v) is 5.12. The third kappa shape index (κ3) is 3.64. The van der Waals surface area contributed by atoms with Gasteiger partial charge in [-0.1, -0.05) is 36.4 Å². The fourth-order valence-corrected chi connectivity index (χ4v) is 3.67. The van der Waals surface area contributed by atoms with Gasteiger partial charge < -0.3 is 9.47 Å². The summed E-state index contributed by atoms with van der Waals surface area (Å²) in [5.41, 5.74) is 3.19. The highest BCUT2D eigenvalue weighted by molar-refractivity contribution is 7.99. The molecule has 0 aliphatic carbocycles. The number of carbonyl (C=O) groups excluding carboxylic acids is 1. The van der Waals surface area contributed by atoms with Crippen LogP contribution in [0.2, 0.25) is 0 Å². The fourth-order valence-electron chi connectivity index (χ4n) is 2.83. The quantitative estimate of drug-likeness (QED) is 0.827. The third-order valence-electron chi connectivity index (χ3n) is 4.13. The number of benzene rings is 2. The summed E-state index contributed by atoms with van der Waals surface area (Å²) in [6.07, 6.45) is 0.808. The number of nitrogens with zero attached hydrogens (tertiary/aromatic N) is 2. The minimum atomic E-state index is 0.0525. The van der Waals surface area contributed by atoms with Gasteiger partial charge in [-0.2, -0.15) is 5.10 Å². The lowest BCUT2D eigenvalue weighted by Gasteiger charge is -2.11. The van der Waals surface area contributed by atoms with Gasteiger partial charge in [-0.15, -0.1) is 11.8 Å². The molecule has 0 saturated carbocycles. The first-order valence-corrected chi connectivity index (χ1v) is 9.34. The molecule has 2 aromatic carbocycles. The maximum atomic E-state index is 12.4. The van der Waals surface area contributed by atoms with E-state index in [1.54, 1.807) is 16.8 Å². The van der Waals surface area contributed by atoms with Gasteiger partial charge in [-0.25, -0.2) is 5.01 Å². The first kappa shape index (κ1) is 16.0. The van der Waals surface area contributed by atoms with E-state index in [4.69, 9.17) is 9.47 Å². The number of rotatable bonds is 5. The molecule has 2 aliphatic rings. The van der Waals surface area contributed by atoms with Crippen LogP contribution >= 0.6 is 11.8 Å². The molecule has 4 rings (SSSR count). The highest BCUT2D eigenvalue weighted by Crippen LogP contribution is 2.33. The van der Waals surface area contributed by atoms with E-state index in [-0.39, 0.29) is 12.7 Å². The second-order valence-electron chi connectivity index (χ2n) is 5.86. The van der Waals surface area contributed by atoms with Crippen molar-refractivity contribution in [2.45, 2.75) is 12.2 Å². The Morgan fingerprint density at radius 1 is 1.12 bits per heavy atom. The Kier molecular flexibility index (Phi) is 4.61. The molecule has 0 radical (unpaired) electrons. The van der Waals surface area contributed by atoms with E-state index in [1.165, 1.54) is 0 Å². The number of hydrogen-bond acceptors (Lipinski definition) is 5. The number of hydrogen-bond donors (Lipinski definition) is 0. The van der Waals surface area contributed by atoms with E-state index >= 15 is 0 Å². The van der Waals surface area contributed by atoms with Gasteiger partial charge in [0.05, 0.1) is 18.0 Å². The van der Waals surface area contributed by atoms with Crippen LogP contribution in [0.5, 0.6) is 11.5 Å². The molecule has 2 aromatic rings. The lowest BCUT2D eigenvalue weighted by atomic mass is 10.1. The Bertz CT molecular complexity index is 808. The highest BCUT2D eigenvalue weighted by atomic mass is 32.2. The van der Waals surface area contributed by atoms with Gasteiger partial charge >= 0.3 is 0 Å². The van der Waals surface area contributed by atoms with Crippen LogP contribution in [0.3, 0.4) is 0 Å². The molecule has 2 heterocycles. The van der Waals surface area contributed by atoms with Crippen molar-refractivity contribution in [1.29, 1.82) is 0 Å². The smallest absolute Gasteiger partial charge is 0.252 e. The number of carbonyl (C=O) groups is 1. The molecule has 0 N–H and O–H groups in total. The Morgan fingerprint density at radius 2 is 1.96 bits per heavy atom. The van der Waals surface area contributed by atoms with Crippen LogP contribution in [0.4, 0.5) is 0 Å². The fraction of sp³-hybridized carbons (Fsp3) is 0.263. The van der Waals surface area contributed by atoms with Crippen LogP contribution in [0, 0.1) is 0 Å². The van der Waals surface area contributed by atoms with E-state index in [1.807, 2.05) is 48.5 Å². The van der Waals surface area contributed by atoms with Gasteiger partial charge in [0.15, 0.2) is 11.5 Å². The Balaban J connectivity index is 1.30. The average Bonchev–Trinajstić information content (AvgIpc) is 3.31. The maximum absolute atomic E-state index is 12.4. The number of ether oxygens (including phenoxy) is 2. The van der Waals surface area contributed by atoms with Crippen LogP contribution in [0.1, 0.15) is 17.5 Å². The van der Waals surface area contributed by atoms with Crippen LogP contribution < -0.4 is 9.47 Å². The van der Waals surface area contributed by atoms with E-state index in [9.17, 15) is 4.79 Å². The maximum Gasteiger partial charge on any atom is 0.252 e. The molecule has 0 saturated heterocycles. The minimum absolute atomic E-state index is 0.0525. The first-order chi connectivity index (χ1) is 12.3. The van der Waals surface area contributed by atoms with Crippen molar-refractivity contribution in [1.82, 2.24) is 5.01 Å². The Labute approximate surface area is 150 Å². The van der Waals surface area contributed by atoms with E-state index in [2.05, 4.69) is 5.10 Å². The van der Waals surface area contributed by atoms with Crippen molar-refractivity contribution in [2.24, 2.45) is 5.10 Å². The average molecular weight is 354 g/mol. The summed E-state index contributed by atoms with van der Waals surface area (Å²) in [4.78, 5) is 12.4. The summed E-state index contributed by atoms with van der Waals surface area (Å²) in [7, 11) is 0. The summed E-state index contributed by atoms with van der Waals surface area (Å²) in [5.74, 6) is 2.79. The molecule has 0 fully saturated rings. The number of amides is 1. The zero-order chi connectivity index (χ0) is 17.1. The summed E-state index contributed by atoms with van der Waals surface area (Å²) in [5, 5.41) is 6.07. The monoisotopic (exact) mass is 354 g/mol. The Morgan fingerprint density at radius 3 is 2.84 bits per heavy atom. The molecule has 2 aliphatic heterocycles. The Hall–Kier alpha value is -2.47. The first-order valence-electron chi connectivity index (χ1n) is 8.19. The molecule has 0 spiro atoms. The molecule has 128 valence electrons. The van der Waals surface area contributed by atoms with E-state index in [0.717, 1.165) is 40.5 Å². The molecule has 0 bridgehead atoms. The van der Waals surface area contributed by atoms with Gasteiger partial charge in [0.1, 0.15) is 0 Å². The number of thioether (sulfide) groups is 1. The second kappa shape index (κ2) is 7.19. The molecular weight excluding hydrogens is 336 g/mol.